The van der Waals surface area contributed by atoms with Gasteiger partial charge < -0.3 is 10.0 Å². The zero-order valence-electron chi connectivity index (χ0n) is 13.3. The molecule has 1 saturated carbocycles. The van der Waals surface area contributed by atoms with Gasteiger partial charge in [0.05, 0.1) is 5.41 Å². The monoisotopic (exact) mass is 295 g/mol. The topological polar surface area (TPSA) is 57.6 Å². The molecule has 1 amide bonds. The summed E-state index contributed by atoms with van der Waals surface area (Å²) in [5, 5.41) is 9.40. The molecule has 21 heavy (non-hydrogen) atoms. The molecular formula is C17H29NO3. The highest BCUT2D eigenvalue weighted by atomic mass is 16.4. The summed E-state index contributed by atoms with van der Waals surface area (Å²) >= 11 is 0. The van der Waals surface area contributed by atoms with Crippen molar-refractivity contribution in [2.75, 3.05) is 13.1 Å². The van der Waals surface area contributed by atoms with Crippen LogP contribution >= 0.6 is 0 Å². The maximum atomic E-state index is 12.4. The number of hydrogen-bond acceptors (Lipinski definition) is 2. The lowest BCUT2D eigenvalue weighted by atomic mass is 9.76. The normalized spacial score (nSPS) is 23.6. The molecule has 1 aliphatic carbocycles. The van der Waals surface area contributed by atoms with Gasteiger partial charge in [0.2, 0.25) is 5.91 Å². The number of nitrogens with zero attached hydrogens (tertiary/aromatic N) is 1. The summed E-state index contributed by atoms with van der Waals surface area (Å²) in [5.41, 5.74) is -0.598. The van der Waals surface area contributed by atoms with Crippen LogP contribution in [0.5, 0.6) is 0 Å². The number of amides is 1. The lowest BCUT2D eigenvalue weighted by Crippen LogP contribution is -2.46. The molecule has 0 spiro atoms. The molecule has 0 unspecified atom stereocenters. The predicted octanol–water partition coefficient (Wildman–Crippen LogP) is 3.45. The highest BCUT2D eigenvalue weighted by Gasteiger charge is 2.40. The maximum Gasteiger partial charge on any atom is 0.309 e. The van der Waals surface area contributed by atoms with E-state index < -0.39 is 11.4 Å². The lowest BCUT2D eigenvalue weighted by Gasteiger charge is -2.38. The van der Waals surface area contributed by atoms with Gasteiger partial charge in [-0.25, -0.2) is 0 Å². The second-order valence-corrected chi connectivity index (χ2v) is 6.88. The predicted molar refractivity (Wildman–Crippen MR) is 82.0 cm³/mol. The maximum absolute atomic E-state index is 12.4. The molecule has 1 aliphatic heterocycles. The second kappa shape index (κ2) is 7.28. The largest absolute Gasteiger partial charge is 0.481 e. The Labute approximate surface area is 127 Å². The van der Waals surface area contributed by atoms with Crippen LogP contribution < -0.4 is 0 Å². The van der Waals surface area contributed by atoms with Gasteiger partial charge in [-0.15, -0.1) is 0 Å². The number of carbonyl (C=O) groups is 2. The molecule has 2 aliphatic rings. The lowest BCUT2D eigenvalue weighted by molar-refractivity contribution is -0.154. The van der Waals surface area contributed by atoms with Crippen LogP contribution in [0.1, 0.15) is 71.1 Å². The molecule has 2 rings (SSSR count). The van der Waals surface area contributed by atoms with Gasteiger partial charge in [-0.2, -0.15) is 0 Å². The van der Waals surface area contributed by atoms with Gasteiger partial charge in [-0.1, -0.05) is 32.6 Å². The molecule has 0 aromatic rings. The molecule has 0 bridgehead atoms. The quantitative estimate of drug-likeness (QED) is 0.808. The van der Waals surface area contributed by atoms with Crippen molar-refractivity contribution < 1.29 is 14.7 Å². The molecule has 4 heteroatoms. The van der Waals surface area contributed by atoms with E-state index in [-0.39, 0.29) is 5.91 Å². The van der Waals surface area contributed by atoms with E-state index in [4.69, 9.17) is 0 Å². The number of aliphatic carboxylic acids is 1. The molecule has 0 aromatic carbocycles. The number of carboxylic acid groups (broad SMARTS) is 1. The first-order valence-corrected chi connectivity index (χ1v) is 8.58. The summed E-state index contributed by atoms with van der Waals surface area (Å²) in [6, 6.07) is 0. The Balaban J connectivity index is 1.83. The van der Waals surface area contributed by atoms with Gasteiger partial charge in [0.1, 0.15) is 0 Å². The fourth-order valence-electron chi connectivity index (χ4n) is 3.85. The average Bonchev–Trinajstić information content (AvgIpc) is 2.75. The molecular weight excluding hydrogens is 266 g/mol. The van der Waals surface area contributed by atoms with Gasteiger partial charge in [0.15, 0.2) is 0 Å². The summed E-state index contributed by atoms with van der Waals surface area (Å²) in [6.45, 7) is 3.18. The highest BCUT2D eigenvalue weighted by molar-refractivity contribution is 5.78. The van der Waals surface area contributed by atoms with Crippen molar-refractivity contribution in [1.82, 2.24) is 4.90 Å². The van der Waals surface area contributed by atoms with Crippen LogP contribution in [0.4, 0.5) is 0 Å². The van der Waals surface area contributed by atoms with Crippen LogP contribution in [-0.2, 0) is 9.59 Å². The number of rotatable bonds is 4. The third-order valence-corrected chi connectivity index (χ3v) is 5.64. The number of carbonyl (C=O) groups excluding carboxylic acids is 1. The van der Waals surface area contributed by atoms with Crippen molar-refractivity contribution in [2.45, 2.75) is 71.1 Å². The number of likely N-dealkylation sites (tertiary alicyclic amines) is 1. The third kappa shape index (κ3) is 3.98. The Kier molecular flexibility index (Phi) is 5.65. The van der Waals surface area contributed by atoms with Gasteiger partial charge in [-0.05, 0) is 38.0 Å². The fourth-order valence-corrected chi connectivity index (χ4v) is 3.85. The van der Waals surface area contributed by atoms with Crippen LogP contribution in [0.2, 0.25) is 0 Å². The Bertz CT molecular complexity index is 364. The van der Waals surface area contributed by atoms with E-state index in [1.54, 1.807) is 0 Å². The summed E-state index contributed by atoms with van der Waals surface area (Å²) in [4.78, 5) is 25.8. The van der Waals surface area contributed by atoms with E-state index in [0.29, 0.717) is 44.7 Å². The van der Waals surface area contributed by atoms with E-state index in [9.17, 15) is 14.7 Å². The Morgan fingerprint density at radius 1 is 1.10 bits per heavy atom. The molecule has 1 heterocycles. The first-order chi connectivity index (χ1) is 10.1. The molecule has 0 atom stereocenters. The molecule has 0 radical (unpaired) electrons. The Morgan fingerprint density at radius 3 is 2.14 bits per heavy atom. The molecule has 0 aromatic heterocycles. The highest BCUT2D eigenvalue weighted by Crippen LogP contribution is 2.35. The molecule has 4 nitrogen and oxygen atoms in total. The van der Waals surface area contributed by atoms with E-state index in [1.807, 2.05) is 11.8 Å². The standard InChI is InChI=1S/C17H29NO3/c1-2-17(16(20)21)9-11-18(12-10-17)15(19)13-14-7-5-3-4-6-8-14/h14H,2-13H2,1H3,(H,20,21). The van der Waals surface area contributed by atoms with E-state index in [2.05, 4.69) is 0 Å². The minimum atomic E-state index is -0.694. The number of piperidine rings is 1. The van der Waals surface area contributed by atoms with Crippen molar-refractivity contribution >= 4 is 11.9 Å². The second-order valence-electron chi connectivity index (χ2n) is 6.88. The first-order valence-electron chi connectivity index (χ1n) is 8.58. The van der Waals surface area contributed by atoms with E-state index >= 15 is 0 Å². The van der Waals surface area contributed by atoms with Gasteiger partial charge in [0.25, 0.3) is 0 Å². The summed E-state index contributed by atoms with van der Waals surface area (Å²) in [5.74, 6) is 0.107. The smallest absolute Gasteiger partial charge is 0.309 e. The van der Waals surface area contributed by atoms with Crippen LogP contribution in [0.15, 0.2) is 0 Å². The van der Waals surface area contributed by atoms with Crippen LogP contribution in [-0.4, -0.2) is 35.0 Å². The van der Waals surface area contributed by atoms with Crippen molar-refractivity contribution in [3.8, 4) is 0 Å². The zero-order valence-corrected chi connectivity index (χ0v) is 13.3. The summed E-state index contributed by atoms with van der Waals surface area (Å²) in [7, 11) is 0. The van der Waals surface area contributed by atoms with Gasteiger partial charge in [-0.3, -0.25) is 9.59 Å². The Hall–Kier alpha value is -1.06. The van der Waals surface area contributed by atoms with E-state index in [0.717, 1.165) is 0 Å². The Morgan fingerprint density at radius 2 is 1.67 bits per heavy atom. The number of carboxylic acids is 1. The summed E-state index contributed by atoms with van der Waals surface area (Å²) < 4.78 is 0. The fraction of sp³-hybridized carbons (Fsp3) is 0.882. The van der Waals surface area contributed by atoms with Crippen LogP contribution in [0.25, 0.3) is 0 Å². The minimum absolute atomic E-state index is 0.247. The van der Waals surface area contributed by atoms with Crippen LogP contribution in [0.3, 0.4) is 0 Å². The van der Waals surface area contributed by atoms with Crippen molar-refractivity contribution in [3.05, 3.63) is 0 Å². The molecule has 1 saturated heterocycles. The van der Waals surface area contributed by atoms with Crippen LogP contribution in [0, 0.1) is 11.3 Å². The third-order valence-electron chi connectivity index (χ3n) is 5.64. The van der Waals surface area contributed by atoms with Gasteiger partial charge >= 0.3 is 5.97 Å². The number of hydrogen-bond donors (Lipinski definition) is 1. The van der Waals surface area contributed by atoms with Crippen molar-refractivity contribution in [3.63, 3.8) is 0 Å². The minimum Gasteiger partial charge on any atom is -0.481 e. The average molecular weight is 295 g/mol. The van der Waals surface area contributed by atoms with Crippen molar-refractivity contribution in [2.24, 2.45) is 11.3 Å². The summed E-state index contributed by atoms with van der Waals surface area (Å²) in [6.07, 6.45) is 10.1. The molecule has 1 N–H and O–H groups in total. The zero-order chi connectivity index (χ0) is 15.3. The van der Waals surface area contributed by atoms with Crippen molar-refractivity contribution in [1.29, 1.82) is 0 Å². The van der Waals surface area contributed by atoms with E-state index in [1.165, 1.54) is 38.5 Å². The first kappa shape index (κ1) is 16.3. The van der Waals surface area contributed by atoms with Gasteiger partial charge in [0, 0.05) is 19.5 Å². The SMILES string of the molecule is CCC1(C(=O)O)CCN(C(=O)CC2CCCCCC2)CC1. The molecule has 2 fully saturated rings. The molecule has 120 valence electrons.